The van der Waals surface area contributed by atoms with Crippen molar-refractivity contribution in [2.24, 2.45) is 17.8 Å². The maximum Gasteiger partial charge on any atom is 0.0250 e. The van der Waals surface area contributed by atoms with Crippen molar-refractivity contribution in [2.75, 3.05) is 0 Å². The zero-order chi connectivity index (χ0) is 13.3. The average molecular weight is 307 g/mol. The second kappa shape index (κ2) is 5.61. The van der Waals surface area contributed by atoms with Gasteiger partial charge in [-0.15, -0.1) is 0 Å². The summed E-state index contributed by atoms with van der Waals surface area (Å²) in [5, 5.41) is 0. The van der Waals surface area contributed by atoms with E-state index in [1.165, 1.54) is 22.9 Å². The van der Waals surface area contributed by atoms with Crippen LogP contribution in [0.5, 0.6) is 0 Å². The van der Waals surface area contributed by atoms with Gasteiger partial charge in [-0.3, -0.25) is 0 Å². The Bertz CT molecular complexity index is 456. The standard InChI is InChI=1S/C17H23Br/c1-11(2)14-10-9-12(3)17(13(14)4)15-7-5-6-8-16(15)18/h5-8,11-12,14H,9-10H2,1-4H3/t12?,14-/m0/s1. The molecule has 0 spiro atoms. The average Bonchev–Trinajstić information content (AvgIpc) is 2.31. The summed E-state index contributed by atoms with van der Waals surface area (Å²) in [6.45, 7) is 9.41. The molecular weight excluding hydrogens is 284 g/mol. The second-order valence-corrected chi connectivity index (χ2v) is 6.76. The summed E-state index contributed by atoms with van der Waals surface area (Å²) in [5.74, 6) is 2.18. The Morgan fingerprint density at radius 3 is 2.44 bits per heavy atom. The third-order valence-electron chi connectivity index (χ3n) is 4.35. The van der Waals surface area contributed by atoms with Gasteiger partial charge in [0.1, 0.15) is 0 Å². The molecule has 18 heavy (non-hydrogen) atoms. The molecular formula is C17H23Br. The fourth-order valence-electron chi connectivity index (χ4n) is 3.37. The number of hydrogen-bond donors (Lipinski definition) is 0. The zero-order valence-electron chi connectivity index (χ0n) is 11.8. The van der Waals surface area contributed by atoms with Crippen molar-refractivity contribution in [3.8, 4) is 0 Å². The molecule has 0 amide bonds. The molecule has 0 saturated heterocycles. The molecule has 0 N–H and O–H groups in total. The highest BCUT2D eigenvalue weighted by Gasteiger charge is 2.28. The Hall–Kier alpha value is -0.560. The topological polar surface area (TPSA) is 0 Å². The highest BCUT2D eigenvalue weighted by Crippen LogP contribution is 2.44. The molecule has 0 radical (unpaired) electrons. The minimum Gasteiger partial charge on any atom is -0.0659 e. The van der Waals surface area contributed by atoms with Crippen molar-refractivity contribution in [1.82, 2.24) is 0 Å². The van der Waals surface area contributed by atoms with E-state index in [9.17, 15) is 0 Å². The highest BCUT2D eigenvalue weighted by atomic mass is 79.9. The van der Waals surface area contributed by atoms with E-state index >= 15 is 0 Å². The predicted octanol–water partition coefficient (Wildman–Crippen LogP) is 5.92. The first-order valence-corrected chi connectivity index (χ1v) is 7.77. The molecule has 1 aliphatic carbocycles. The first kappa shape index (κ1) is 13.9. The molecule has 2 atom stereocenters. The molecule has 0 fully saturated rings. The van der Waals surface area contributed by atoms with Gasteiger partial charge >= 0.3 is 0 Å². The number of rotatable bonds is 2. The van der Waals surface area contributed by atoms with E-state index in [-0.39, 0.29) is 0 Å². The first-order chi connectivity index (χ1) is 8.52. The minimum absolute atomic E-state index is 0.679. The maximum absolute atomic E-state index is 3.71. The van der Waals surface area contributed by atoms with Gasteiger partial charge in [0.2, 0.25) is 0 Å². The zero-order valence-corrected chi connectivity index (χ0v) is 13.4. The van der Waals surface area contributed by atoms with Crippen LogP contribution in [0.2, 0.25) is 0 Å². The van der Waals surface area contributed by atoms with Crippen LogP contribution in [0.1, 0.15) is 46.1 Å². The van der Waals surface area contributed by atoms with E-state index in [0.29, 0.717) is 5.92 Å². The van der Waals surface area contributed by atoms with Crippen LogP contribution in [-0.4, -0.2) is 0 Å². The van der Waals surface area contributed by atoms with Crippen molar-refractivity contribution < 1.29 is 0 Å². The van der Waals surface area contributed by atoms with Crippen LogP contribution in [0.15, 0.2) is 34.3 Å². The summed E-state index contributed by atoms with van der Waals surface area (Å²) < 4.78 is 1.23. The molecule has 2 rings (SSSR count). The Morgan fingerprint density at radius 1 is 1.17 bits per heavy atom. The third-order valence-corrected chi connectivity index (χ3v) is 5.04. The van der Waals surface area contributed by atoms with Crippen molar-refractivity contribution in [2.45, 2.75) is 40.5 Å². The van der Waals surface area contributed by atoms with E-state index in [1.54, 1.807) is 11.1 Å². The molecule has 1 unspecified atom stereocenters. The lowest BCUT2D eigenvalue weighted by molar-refractivity contribution is 0.369. The fourth-order valence-corrected chi connectivity index (χ4v) is 3.87. The van der Waals surface area contributed by atoms with Gasteiger partial charge < -0.3 is 0 Å². The molecule has 0 aromatic heterocycles. The molecule has 0 saturated carbocycles. The largest absolute Gasteiger partial charge is 0.0659 e. The van der Waals surface area contributed by atoms with Gasteiger partial charge in [0.15, 0.2) is 0 Å². The third kappa shape index (κ3) is 2.56. The number of allylic oxidation sites excluding steroid dienone is 2. The molecule has 1 aliphatic rings. The van der Waals surface area contributed by atoms with Crippen molar-refractivity contribution in [3.05, 3.63) is 39.9 Å². The molecule has 98 valence electrons. The molecule has 0 bridgehead atoms. The van der Waals surface area contributed by atoms with Crippen LogP contribution in [0, 0.1) is 17.8 Å². The molecule has 0 aliphatic heterocycles. The van der Waals surface area contributed by atoms with Crippen LogP contribution in [0.25, 0.3) is 5.57 Å². The molecule has 1 heteroatoms. The van der Waals surface area contributed by atoms with Crippen LogP contribution in [0.3, 0.4) is 0 Å². The van der Waals surface area contributed by atoms with Gasteiger partial charge in [0.05, 0.1) is 0 Å². The highest BCUT2D eigenvalue weighted by molar-refractivity contribution is 9.10. The smallest absolute Gasteiger partial charge is 0.0250 e. The lowest BCUT2D eigenvalue weighted by Crippen LogP contribution is -2.20. The van der Waals surface area contributed by atoms with Gasteiger partial charge in [-0.05, 0) is 54.7 Å². The number of halogens is 1. The summed E-state index contributed by atoms with van der Waals surface area (Å²) >= 11 is 3.71. The van der Waals surface area contributed by atoms with Crippen molar-refractivity contribution in [3.63, 3.8) is 0 Å². The Balaban J connectivity index is 2.51. The Labute approximate surface area is 120 Å². The monoisotopic (exact) mass is 306 g/mol. The summed E-state index contributed by atoms with van der Waals surface area (Å²) in [6.07, 6.45) is 2.66. The van der Waals surface area contributed by atoms with E-state index in [4.69, 9.17) is 0 Å². The van der Waals surface area contributed by atoms with Crippen molar-refractivity contribution >= 4 is 21.5 Å². The molecule has 1 aromatic rings. The summed E-state index contributed by atoms with van der Waals surface area (Å²) in [4.78, 5) is 0. The first-order valence-electron chi connectivity index (χ1n) is 6.98. The van der Waals surface area contributed by atoms with Crippen LogP contribution in [-0.2, 0) is 0 Å². The summed E-state index contributed by atoms with van der Waals surface area (Å²) in [6, 6.07) is 8.65. The Morgan fingerprint density at radius 2 is 1.83 bits per heavy atom. The fraction of sp³-hybridized carbons (Fsp3) is 0.529. The van der Waals surface area contributed by atoms with Gasteiger partial charge in [-0.2, -0.15) is 0 Å². The lowest BCUT2D eigenvalue weighted by atomic mass is 9.72. The van der Waals surface area contributed by atoms with Crippen LogP contribution in [0.4, 0.5) is 0 Å². The van der Waals surface area contributed by atoms with Gasteiger partial charge in [-0.25, -0.2) is 0 Å². The van der Waals surface area contributed by atoms with Crippen molar-refractivity contribution in [1.29, 1.82) is 0 Å². The minimum atomic E-state index is 0.679. The number of benzene rings is 1. The van der Waals surface area contributed by atoms with E-state index < -0.39 is 0 Å². The second-order valence-electron chi connectivity index (χ2n) is 5.91. The molecule has 0 nitrogen and oxygen atoms in total. The quantitative estimate of drug-likeness (QED) is 0.635. The molecule has 1 aromatic carbocycles. The van der Waals surface area contributed by atoms with Gasteiger partial charge in [0.25, 0.3) is 0 Å². The van der Waals surface area contributed by atoms with Crippen LogP contribution < -0.4 is 0 Å². The number of hydrogen-bond acceptors (Lipinski definition) is 0. The van der Waals surface area contributed by atoms with E-state index in [1.807, 2.05) is 0 Å². The van der Waals surface area contributed by atoms with E-state index in [2.05, 4.69) is 67.9 Å². The molecule has 0 heterocycles. The van der Waals surface area contributed by atoms with Gasteiger partial charge in [-0.1, -0.05) is 60.5 Å². The predicted molar refractivity (Wildman–Crippen MR) is 83.5 cm³/mol. The normalized spacial score (nSPS) is 24.8. The van der Waals surface area contributed by atoms with Gasteiger partial charge in [0, 0.05) is 4.47 Å². The lowest BCUT2D eigenvalue weighted by Gasteiger charge is -2.34. The summed E-state index contributed by atoms with van der Waals surface area (Å²) in [5.41, 5.74) is 4.58. The maximum atomic E-state index is 3.71. The Kier molecular flexibility index (Phi) is 4.32. The summed E-state index contributed by atoms with van der Waals surface area (Å²) in [7, 11) is 0. The SMILES string of the molecule is CC1=C(c2ccccc2Br)C(C)CC[C@H]1C(C)C. The van der Waals surface area contributed by atoms with Crippen LogP contribution >= 0.6 is 15.9 Å². The van der Waals surface area contributed by atoms with E-state index in [0.717, 1.165) is 11.8 Å².